The molecule has 158 valence electrons. The van der Waals surface area contributed by atoms with E-state index >= 15 is 0 Å². The Kier molecular flexibility index (Phi) is 5.50. The van der Waals surface area contributed by atoms with Crippen molar-refractivity contribution < 1.29 is 22.7 Å². The predicted octanol–water partition coefficient (Wildman–Crippen LogP) is 2.81. The monoisotopic (exact) mass is 448 g/mol. The van der Waals surface area contributed by atoms with Gasteiger partial charge in [-0.2, -0.15) is 4.31 Å². The highest BCUT2D eigenvalue weighted by Gasteiger charge is 2.22. The average Bonchev–Trinajstić information content (AvgIpc) is 3.36. The van der Waals surface area contributed by atoms with E-state index in [1.165, 1.54) is 39.9 Å². The van der Waals surface area contributed by atoms with Gasteiger partial charge in [-0.05, 0) is 24.3 Å². The molecule has 2 N–H and O–H groups in total. The van der Waals surface area contributed by atoms with Gasteiger partial charge in [0.1, 0.15) is 0 Å². The number of thiazole rings is 1. The average molecular weight is 449 g/mol. The zero-order valence-corrected chi connectivity index (χ0v) is 18.0. The van der Waals surface area contributed by atoms with Gasteiger partial charge < -0.3 is 9.47 Å². The molecule has 9 nitrogen and oxygen atoms in total. The van der Waals surface area contributed by atoms with E-state index in [-0.39, 0.29) is 11.7 Å². The smallest absolute Gasteiger partial charge is 0.269 e. The molecule has 2 heterocycles. The van der Waals surface area contributed by atoms with Crippen LogP contribution in [0, 0.1) is 0 Å². The number of hydrazine groups is 1. The van der Waals surface area contributed by atoms with E-state index in [2.05, 4.69) is 15.8 Å². The molecule has 0 saturated carbocycles. The van der Waals surface area contributed by atoms with Gasteiger partial charge in [-0.3, -0.25) is 15.6 Å². The number of nitrogens with zero attached hydrogens (tertiary/aromatic N) is 2. The molecule has 0 bridgehead atoms. The molecule has 0 atom stereocenters. The number of aromatic nitrogens is 1. The minimum absolute atomic E-state index is 0.152. The summed E-state index contributed by atoms with van der Waals surface area (Å²) < 4.78 is 38.0. The van der Waals surface area contributed by atoms with Gasteiger partial charge in [-0.1, -0.05) is 25.2 Å². The van der Waals surface area contributed by atoms with Gasteiger partial charge in [-0.25, -0.2) is 13.4 Å². The number of fused-ring (bicyclic) bond motifs is 2. The molecule has 0 fully saturated rings. The molecule has 0 unspecified atom stereocenters. The van der Waals surface area contributed by atoms with E-state index in [0.717, 1.165) is 10.2 Å². The number of carbonyl (C=O) groups is 1. The summed E-state index contributed by atoms with van der Waals surface area (Å²) in [5.74, 6) is 0.903. The van der Waals surface area contributed by atoms with Gasteiger partial charge in [0.25, 0.3) is 5.91 Å². The van der Waals surface area contributed by atoms with Gasteiger partial charge in [0, 0.05) is 30.8 Å². The summed E-state index contributed by atoms with van der Waals surface area (Å²) in [4.78, 5) is 17.0. The Labute approximate surface area is 177 Å². The van der Waals surface area contributed by atoms with E-state index < -0.39 is 15.9 Å². The van der Waals surface area contributed by atoms with Gasteiger partial charge in [0.2, 0.25) is 21.9 Å². The van der Waals surface area contributed by atoms with E-state index in [1.807, 2.05) is 6.07 Å². The molecule has 4 rings (SSSR count). The molecule has 3 aromatic rings. The Morgan fingerprint density at radius 3 is 2.47 bits per heavy atom. The van der Waals surface area contributed by atoms with Gasteiger partial charge in [-0.15, -0.1) is 0 Å². The minimum atomic E-state index is -3.56. The van der Waals surface area contributed by atoms with E-state index in [0.29, 0.717) is 35.3 Å². The third-order valence-corrected chi connectivity index (χ3v) is 7.62. The van der Waals surface area contributed by atoms with Crippen LogP contribution in [0.4, 0.5) is 5.13 Å². The molecule has 30 heavy (non-hydrogen) atoms. The lowest BCUT2D eigenvalue weighted by Crippen LogP contribution is -2.31. The van der Waals surface area contributed by atoms with Crippen LogP contribution in [-0.4, -0.2) is 43.5 Å². The highest BCUT2D eigenvalue weighted by Crippen LogP contribution is 2.38. The first-order valence-electron chi connectivity index (χ1n) is 9.29. The maximum absolute atomic E-state index is 12.5. The lowest BCUT2D eigenvalue weighted by atomic mass is 10.2. The third kappa shape index (κ3) is 3.78. The van der Waals surface area contributed by atoms with Crippen molar-refractivity contribution in [1.29, 1.82) is 0 Å². The molecule has 1 aliphatic rings. The third-order valence-electron chi connectivity index (χ3n) is 4.63. The number of amides is 1. The van der Waals surface area contributed by atoms with Crippen molar-refractivity contribution >= 4 is 42.6 Å². The molecule has 1 amide bonds. The van der Waals surface area contributed by atoms with Gasteiger partial charge in [0.05, 0.1) is 15.1 Å². The quantitative estimate of drug-likeness (QED) is 0.535. The van der Waals surface area contributed by atoms with E-state index in [1.54, 1.807) is 19.9 Å². The molecule has 0 saturated heterocycles. The molecule has 11 heteroatoms. The van der Waals surface area contributed by atoms with Crippen molar-refractivity contribution in [2.24, 2.45) is 0 Å². The topological polar surface area (TPSA) is 110 Å². The largest absolute Gasteiger partial charge is 0.454 e. The van der Waals surface area contributed by atoms with Crippen molar-refractivity contribution in [3.8, 4) is 11.5 Å². The van der Waals surface area contributed by atoms with Crippen molar-refractivity contribution in [3.05, 3.63) is 42.0 Å². The number of benzene rings is 2. The van der Waals surface area contributed by atoms with Crippen LogP contribution in [-0.2, 0) is 10.0 Å². The molecule has 1 aliphatic heterocycles. The maximum atomic E-state index is 12.5. The van der Waals surface area contributed by atoms with Crippen molar-refractivity contribution in [2.45, 2.75) is 18.7 Å². The maximum Gasteiger partial charge on any atom is 0.269 e. The Balaban J connectivity index is 1.44. The Morgan fingerprint density at radius 2 is 1.80 bits per heavy atom. The summed E-state index contributed by atoms with van der Waals surface area (Å²) in [6.07, 6.45) is 0. The van der Waals surface area contributed by atoms with Crippen molar-refractivity contribution in [1.82, 2.24) is 14.7 Å². The molecule has 0 spiro atoms. The number of rotatable bonds is 7. The van der Waals surface area contributed by atoms with Crippen LogP contribution in [0.1, 0.15) is 24.2 Å². The number of nitrogens with one attached hydrogen (secondary N) is 2. The summed E-state index contributed by atoms with van der Waals surface area (Å²) in [5, 5.41) is 0.503. The fourth-order valence-electron chi connectivity index (χ4n) is 3.04. The molecule has 1 aromatic heterocycles. The summed E-state index contributed by atoms with van der Waals surface area (Å²) in [6.45, 7) is 4.53. The van der Waals surface area contributed by atoms with Crippen molar-refractivity contribution in [3.63, 3.8) is 0 Å². The number of sulfonamides is 1. The van der Waals surface area contributed by atoms with E-state index in [4.69, 9.17) is 9.47 Å². The van der Waals surface area contributed by atoms with Gasteiger partial charge in [0.15, 0.2) is 11.5 Å². The summed E-state index contributed by atoms with van der Waals surface area (Å²) >= 11 is 1.36. The number of carbonyl (C=O) groups excluding carboxylic acids is 1. The fourth-order valence-corrected chi connectivity index (χ4v) is 5.33. The van der Waals surface area contributed by atoms with Crippen LogP contribution in [0.2, 0.25) is 0 Å². The highest BCUT2D eigenvalue weighted by molar-refractivity contribution is 7.89. The van der Waals surface area contributed by atoms with Crippen LogP contribution < -0.4 is 20.3 Å². The Morgan fingerprint density at radius 1 is 1.13 bits per heavy atom. The SMILES string of the molecule is CCN(CC)S(=O)(=O)c1ccc(C(=O)NNc2nc3cc4c(cc3s2)OCO4)cc1. The second kappa shape index (κ2) is 8.09. The van der Waals surface area contributed by atoms with Crippen LogP contribution in [0.25, 0.3) is 10.2 Å². The second-order valence-corrected chi connectivity index (χ2v) is 9.35. The summed E-state index contributed by atoms with van der Waals surface area (Å²) in [6, 6.07) is 9.45. The Hall–Kier alpha value is -2.89. The van der Waals surface area contributed by atoms with Gasteiger partial charge >= 0.3 is 0 Å². The normalized spacial score (nSPS) is 13.0. The number of hydrogen-bond donors (Lipinski definition) is 2. The summed E-state index contributed by atoms with van der Waals surface area (Å²) in [7, 11) is -3.56. The zero-order chi connectivity index (χ0) is 21.3. The summed E-state index contributed by atoms with van der Waals surface area (Å²) in [5.41, 5.74) is 6.41. The lowest BCUT2D eigenvalue weighted by Gasteiger charge is -2.18. The zero-order valence-electron chi connectivity index (χ0n) is 16.3. The van der Waals surface area contributed by atoms with Crippen LogP contribution >= 0.6 is 11.3 Å². The minimum Gasteiger partial charge on any atom is -0.454 e. The number of hydrogen-bond acceptors (Lipinski definition) is 8. The number of ether oxygens (including phenoxy) is 2. The molecule has 2 aromatic carbocycles. The standard InChI is InChI=1S/C19H20N4O5S2/c1-3-23(4-2)30(25,26)13-7-5-12(6-8-13)18(24)21-22-19-20-14-9-15-16(28-11-27-15)10-17(14)29-19/h5-10H,3-4,11H2,1-2H3,(H,20,22)(H,21,24). The first-order chi connectivity index (χ1) is 14.4. The van der Waals surface area contributed by atoms with Crippen LogP contribution in [0.15, 0.2) is 41.3 Å². The molecule has 0 radical (unpaired) electrons. The van der Waals surface area contributed by atoms with Crippen LogP contribution in [0.3, 0.4) is 0 Å². The van der Waals surface area contributed by atoms with Crippen molar-refractivity contribution in [2.75, 3.05) is 25.3 Å². The second-order valence-electron chi connectivity index (χ2n) is 6.39. The van der Waals surface area contributed by atoms with E-state index in [9.17, 15) is 13.2 Å². The predicted molar refractivity (Wildman–Crippen MR) is 113 cm³/mol. The fraction of sp³-hybridized carbons (Fsp3) is 0.263. The highest BCUT2D eigenvalue weighted by atomic mass is 32.2. The number of anilines is 1. The Bertz CT molecular complexity index is 1150. The molecular formula is C19H20N4O5S2. The first kappa shape index (κ1) is 20.4. The first-order valence-corrected chi connectivity index (χ1v) is 11.5. The molecular weight excluding hydrogens is 428 g/mol. The molecule has 0 aliphatic carbocycles. The lowest BCUT2D eigenvalue weighted by molar-refractivity contribution is 0.0962. The van der Waals surface area contributed by atoms with Crippen LogP contribution in [0.5, 0.6) is 11.5 Å².